The third kappa shape index (κ3) is 2.03. The Kier molecular flexibility index (Phi) is 3.11. The first-order valence-electron chi connectivity index (χ1n) is 4.74. The fourth-order valence-corrected chi connectivity index (χ4v) is 2.30. The third-order valence-corrected chi connectivity index (χ3v) is 3.22. The molecule has 1 heterocycles. The second kappa shape index (κ2) is 4.39. The number of rotatable bonds is 2. The fourth-order valence-electron chi connectivity index (χ4n) is 1.59. The summed E-state index contributed by atoms with van der Waals surface area (Å²) < 4.78 is 2.89. The summed E-state index contributed by atoms with van der Waals surface area (Å²) in [5, 5.41) is 5.10. The minimum absolute atomic E-state index is 0.0972. The molecule has 16 heavy (non-hydrogen) atoms. The summed E-state index contributed by atoms with van der Waals surface area (Å²) in [7, 11) is 0. The standard InChI is InChI=1S/C10H10BrN3OS/c1-6(7-3-2-4-8(11)5-7)14-9(15)12-13-10(14)16/h2-6H,1H3,(H,12,15)(H,13,16). The second-order valence-electron chi connectivity index (χ2n) is 3.46. The molecule has 4 nitrogen and oxygen atoms in total. The molecule has 2 aromatic rings. The van der Waals surface area contributed by atoms with Gasteiger partial charge in [-0.1, -0.05) is 28.1 Å². The molecule has 0 spiro atoms. The molecule has 1 aromatic carbocycles. The summed E-state index contributed by atoms with van der Waals surface area (Å²) in [5.41, 5.74) is 0.799. The number of benzene rings is 1. The van der Waals surface area contributed by atoms with E-state index in [4.69, 9.17) is 12.2 Å². The lowest BCUT2D eigenvalue weighted by Gasteiger charge is -2.12. The molecule has 0 saturated heterocycles. The third-order valence-electron chi connectivity index (χ3n) is 2.43. The molecule has 0 bridgehead atoms. The predicted octanol–water partition coefficient (Wildman–Crippen LogP) is 2.61. The van der Waals surface area contributed by atoms with Crippen LogP contribution in [0.1, 0.15) is 18.5 Å². The van der Waals surface area contributed by atoms with Crippen molar-refractivity contribution in [1.29, 1.82) is 0 Å². The molecule has 0 radical (unpaired) electrons. The van der Waals surface area contributed by atoms with Gasteiger partial charge in [0.2, 0.25) is 0 Å². The van der Waals surface area contributed by atoms with Gasteiger partial charge >= 0.3 is 5.69 Å². The van der Waals surface area contributed by atoms with Gasteiger partial charge in [0, 0.05) is 4.47 Å². The van der Waals surface area contributed by atoms with E-state index in [9.17, 15) is 4.79 Å². The van der Waals surface area contributed by atoms with E-state index in [1.54, 1.807) is 0 Å². The zero-order valence-corrected chi connectivity index (χ0v) is 10.9. The van der Waals surface area contributed by atoms with Gasteiger partial charge in [-0.25, -0.2) is 9.89 Å². The molecule has 6 heteroatoms. The van der Waals surface area contributed by atoms with Gasteiger partial charge in [0.05, 0.1) is 6.04 Å². The summed E-state index contributed by atoms with van der Waals surface area (Å²) in [6.07, 6.45) is 0. The number of aromatic amines is 2. The van der Waals surface area contributed by atoms with E-state index in [1.807, 2.05) is 31.2 Å². The van der Waals surface area contributed by atoms with Gasteiger partial charge in [-0.3, -0.25) is 9.67 Å². The number of hydrogen-bond donors (Lipinski definition) is 2. The maximum absolute atomic E-state index is 11.5. The molecule has 1 aromatic heterocycles. The van der Waals surface area contributed by atoms with Crippen molar-refractivity contribution in [3.05, 3.63) is 49.6 Å². The zero-order chi connectivity index (χ0) is 11.7. The molecular weight excluding hydrogens is 290 g/mol. The van der Waals surface area contributed by atoms with Gasteiger partial charge in [-0.15, -0.1) is 0 Å². The maximum Gasteiger partial charge on any atom is 0.342 e. The van der Waals surface area contributed by atoms with Gasteiger partial charge in [0.1, 0.15) is 0 Å². The van der Waals surface area contributed by atoms with Crippen LogP contribution in [-0.2, 0) is 0 Å². The molecule has 2 rings (SSSR count). The summed E-state index contributed by atoms with van der Waals surface area (Å²) in [6, 6.07) is 7.71. The van der Waals surface area contributed by atoms with Crippen molar-refractivity contribution in [3.8, 4) is 0 Å². The van der Waals surface area contributed by atoms with Gasteiger partial charge in [-0.05, 0) is 36.8 Å². The lowest BCUT2D eigenvalue weighted by Crippen LogP contribution is -2.21. The summed E-state index contributed by atoms with van der Waals surface area (Å²) in [4.78, 5) is 11.5. The second-order valence-corrected chi connectivity index (χ2v) is 4.76. The quantitative estimate of drug-likeness (QED) is 0.838. The summed E-state index contributed by atoms with van der Waals surface area (Å²) in [5.74, 6) is 0. The van der Waals surface area contributed by atoms with Gasteiger partial charge < -0.3 is 0 Å². The van der Waals surface area contributed by atoms with Crippen LogP contribution in [0.2, 0.25) is 0 Å². The van der Waals surface area contributed by atoms with E-state index in [0.29, 0.717) is 4.77 Å². The Morgan fingerprint density at radius 3 is 2.75 bits per heavy atom. The Hall–Kier alpha value is -1.14. The lowest BCUT2D eigenvalue weighted by molar-refractivity contribution is 0.608. The van der Waals surface area contributed by atoms with Crippen LogP contribution in [0.15, 0.2) is 33.5 Å². The number of aromatic nitrogens is 3. The Morgan fingerprint density at radius 1 is 1.44 bits per heavy atom. The number of hydrogen-bond acceptors (Lipinski definition) is 2. The highest BCUT2D eigenvalue weighted by atomic mass is 79.9. The van der Waals surface area contributed by atoms with Crippen molar-refractivity contribution < 1.29 is 0 Å². The predicted molar refractivity (Wildman–Crippen MR) is 68.2 cm³/mol. The fraction of sp³-hybridized carbons (Fsp3) is 0.200. The molecule has 84 valence electrons. The highest BCUT2D eigenvalue weighted by Crippen LogP contribution is 2.20. The molecule has 2 N–H and O–H groups in total. The minimum Gasteiger partial charge on any atom is -0.272 e. The van der Waals surface area contributed by atoms with Gasteiger partial charge in [-0.2, -0.15) is 0 Å². The van der Waals surface area contributed by atoms with Crippen molar-refractivity contribution in [2.75, 3.05) is 0 Å². The highest BCUT2D eigenvalue weighted by Gasteiger charge is 2.11. The Balaban J connectivity index is 2.51. The molecule has 0 saturated carbocycles. The van der Waals surface area contributed by atoms with Crippen LogP contribution in [0.5, 0.6) is 0 Å². The number of H-pyrrole nitrogens is 2. The average Bonchev–Trinajstić information content (AvgIpc) is 2.58. The van der Waals surface area contributed by atoms with Crippen LogP contribution in [-0.4, -0.2) is 14.8 Å². The summed E-state index contributed by atoms with van der Waals surface area (Å²) in [6.45, 7) is 1.93. The zero-order valence-electron chi connectivity index (χ0n) is 8.53. The molecular formula is C10H10BrN3OS. The number of nitrogens with one attached hydrogen (secondary N) is 2. The lowest BCUT2D eigenvalue weighted by atomic mass is 10.1. The van der Waals surface area contributed by atoms with Crippen molar-refractivity contribution in [1.82, 2.24) is 14.8 Å². The van der Waals surface area contributed by atoms with Crippen molar-refractivity contribution in [3.63, 3.8) is 0 Å². The van der Waals surface area contributed by atoms with Crippen LogP contribution >= 0.6 is 28.1 Å². The molecule has 0 fully saturated rings. The van der Waals surface area contributed by atoms with Crippen LogP contribution in [0.25, 0.3) is 0 Å². The molecule has 1 atom stereocenters. The molecule has 0 aliphatic rings. The van der Waals surface area contributed by atoms with Crippen LogP contribution in [0.4, 0.5) is 0 Å². The smallest absolute Gasteiger partial charge is 0.272 e. The van der Waals surface area contributed by atoms with E-state index in [0.717, 1.165) is 10.0 Å². The molecule has 0 amide bonds. The number of halogens is 1. The van der Waals surface area contributed by atoms with E-state index >= 15 is 0 Å². The normalized spacial score (nSPS) is 12.6. The van der Waals surface area contributed by atoms with Crippen LogP contribution in [0, 0.1) is 4.77 Å². The first-order chi connectivity index (χ1) is 7.59. The molecule has 0 aliphatic carbocycles. The van der Waals surface area contributed by atoms with Crippen LogP contribution < -0.4 is 5.69 Å². The van der Waals surface area contributed by atoms with Crippen molar-refractivity contribution >= 4 is 28.1 Å². The molecule has 0 aliphatic heterocycles. The van der Waals surface area contributed by atoms with E-state index < -0.39 is 0 Å². The van der Waals surface area contributed by atoms with Crippen LogP contribution in [0.3, 0.4) is 0 Å². The Morgan fingerprint density at radius 2 is 2.19 bits per heavy atom. The Bertz CT molecular complexity index is 585. The monoisotopic (exact) mass is 299 g/mol. The SMILES string of the molecule is CC(c1cccc(Br)c1)n1c(=O)[nH][nH]c1=S. The van der Waals surface area contributed by atoms with Crippen molar-refractivity contribution in [2.45, 2.75) is 13.0 Å². The first kappa shape index (κ1) is 11.3. The molecule has 1 unspecified atom stereocenters. The summed E-state index contributed by atoms with van der Waals surface area (Å²) >= 11 is 8.45. The van der Waals surface area contributed by atoms with E-state index in [-0.39, 0.29) is 11.7 Å². The van der Waals surface area contributed by atoms with Gasteiger partial charge in [0.15, 0.2) is 4.77 Å². The topological polar surface area (TPSA) is 53.6 Å². The van der Waals surface area contributed by atoms with E-state index in [1.165, 1.54) is 4.57 Å². The van der Waals surface area contributed by atoms with Crippen molar-refractivity contribution in [2.24, 2.45) is 0 Å². The number of nitrogens with zero attached hydrogens (tertiary/aromatic N) is 1. The maximum atomic E-state index is 11.5. The average molecular weight is 300 g/mol. The minimum atomic E-state index is -0.225. The van der Waals surface area contributed by atoms with Gasteiger partial charge in [0.25, 0.3) is 0 Å². The van der Waals surface area contributed by atoms with E-state index in [2.05, 4.69) is 26.1 Å². The highest BCUT2D eigenvalue weighted by molar-refractivity contribution is 9.10. The Labute approximate surface area is 105 Å². The first-order valence-corrected chi connectivity index (χ1v) is 5.94. The largest absolute Gasteiger partial charge is 0.342 e.